The second kappa shape index (κ2) is 9.92. The van der Waals surface area contributed by atoms with Gasteiger partial charge in [-0.1, -0.05) is 30.3 Å². The van der Waals surface area contributed by atoms with Crippen LogP contribution in [0.5, 0.6) is 0 Å². The van der Waals surface area contributed by atoms with E-state index in [9.17, 15) is 9.59 Å². The SMILES string of the molecule is Cl.O=C(CC1COCCN1)N1CCC2(CCC(=O)N(Cc3ccccc3)C2)CC1. The van der Waals surface area contributed by atoms with Crippen molar-refractivity contribution >= 4 is 24.2 Å². The number of nitrogens with one attached hydrogen (secondary N) is 1. The number of benzene rings is 1. The third-order valence-corrected chi connectivity index (χ3v) is 6.56. The van der Waals surface area contributed by atoms with Gasteiger partial charge in [0.15, 0.2) is 0 Å². The largest absolute Gasteiger partial charge is 0.378 e. The van der Waals surface area contributed by atoms with Crippen LogP contribution in [-0.4, -0.2) is 67.0 Å². The summed E-state index contributed by atoms with van der Waals surface area (Å²) in [4.78, 5) is 29.2. The summed E-state index contributed by atoms with van der Waals surface area (Å²) in [5.41, 5.74) is 1.36. The molecule has 4 rings (SSSR count). The standard InChI is InChI=1S/C22H31N3O3.ClH/c26-20-6-7-22(17-25(20)15-18-4-2-1-3-5-18)8-11-24(12-9-22)21(27)14-19-16-28-13-10-23-19;/h1-5,19,23H,6-17H2;1H. The van der Waals surface area contributed by atoms with Gasteiger partial charge in [0.25, 0.3) is 0 Å². The first kappa shape index (κ1) is 22.1. The summed E-state index contributed by atoms with van der Waals surface area (Å²) in [5, 5.41) is 3.36. The summed E-state index contributed by atoms with van der Waals surface area (Å²) in [5.74, 6) is 0.488. The molecule has 0 saturated carbocycles. The lowest BCUT2D eigenvalue weighted by atomic mass is 9.72. The summed E-state index contributed by atoms with van der Waals surface area (Å²) in [6.45, 7) is 5.30. The van der Waals surface area contributed by atoms with Crippen LogP contribution in [0, 0.1) is 5.41 Å². The number of amides is 2. The smallest absolute Gasteiger partial charge is 0.224 e. The number of carbonyl (C=O) groups excluding carboxylic acids is 2. The van der Waals surface area contributed by atoms with Gasteiger partial charge in [-0.05, 0) is 30.2 Å². The van der Waals surface area contributed by atoms with Crippen LogP contribution >= 0.6 is 12.4 Å². The van der Waals surface area contributed by atoms with Crippen LogP contribution in [0.3, 0.4) is 0 Å². The van der Waals surface area contributed by atoms with Crippen molar-refractivity contribution in [2.75, 3.05) is 39.4 Å². The van der Waals surface area contributed by atoms with Crippen molar-refractivity contribution in [2.24, 2.45) is 5.41 Å². The van der Waals surface area contributed by atoms with E-state index < -0.39 is 0 Å². The molecule has 7 heteroatoms. The molecular weight excluding hydrogens is 390 g/mol. The predicted molar refractivity (Wildman–Crippen MR) is 114 cm³/mol. The van der Waals surface area contributed by atoms with E-state index in [-0.39, 0.29) is 35.7 Å². The molecule has 160 valence electrons. The Morgan fingerprint density at radius 1 is 1.17 bits per heavy atom. The number of hydrogen-bond donors (Lipinski definition) is 1. The molecule has 0 aliphatic carbocycles. The van der Waals surface area contributed by atoms with Gasteiger partial charge < -0.3 is 19.9 Å². The highest BCUT2D eigenvalue weighted by Crippen LogP contribution is 2.40. The van der Waals surface area contributed by atoms with Crippen LogP contribution in [-0.2, 0) is 20.9 Å². The van der Waals surface area contributed by atoms with Crippen LogP contribution < -0.4 is 5.32 Å². The number of halogens is 1. The van der Waals surface area contributed by atoms with E-state index in [1.54, 1.807) is 0 Å². The number of hydrogen-bond acceptors (Lipinski definition) is 4. The van der Waals surface area contributed by atoms with E-state index in [1.807, 2.05) is 28.0 Å². The highest BCUT2D eigenvalue weighted by Gasteiger charge is 2.41. The first-order valence-electron chi connectivity index (χ1n) is 10.5. The average Bonchev–Trinajstić information content (AvgIpc) is 2.73. The molecule has 1 unspecified atom stereocenters. The lowest BCUT2D eigenvalue weighted by Gasteiger charge is -2.47. The fourth-order valence-corrected chi connectivity index (χ4v) is 4.78. The van der Waals surface area contributed by atoms with E-state index in [1.165, 1.54) is 5.56 Å². The molecule has 0 radical (unpaired) electrons. The lowest BCUT2D eigenvalue weighted by molar-refractivity contribution is -0.143. The maximum Gasteiger partial charge on any atom is 0.224 e. The molecule has 3 aliphatic rings. The predicted octanol–water partition coefficient (Wildman–Crippen LogP) is 2.22. The van der Waals surface area contributed by atoms with E-state index in [4.69, 9.17) is 4.74 Å². The van der Waals surface area contributed by atoms with Gasteiger partial charge in [0, 0.05) is 51.6 Å². The molecule has 0 bridgehead atoms. The molecule has 6 nitrogen and oxygen atoms in total. The monoisotopic (exact) mass is 421 g/mol. The Kier molecular flexibility index (Phi) is 7.55. The normalized spacial score (nSPS) is 24.3. The summed E-state index contributed by atoms with van der Waals surface area (Å²) in [6.07, 6.45) is 4.09. The maximum absolute atomic E-state index is 12.7. The van der Waals surface area contributed by atoms with Crippen LogP contribution in [0.4, 0.5) is 0 Å². The third-order valence-electron chi connectivity index (χ3n) is 6.56. The average molecular weight is 422 g/mol. The van der Waals surface area contributed by atoms with Gasteiger partial charge in [0.2, 0.25) is 11.8 Å². The Balaban J connectivity index is 0.00000240. The highest BCUT2D eigenvalue weighted by atomic mass is 35.5. The highest BCUT2D eigenvalue weighted by molar-refractivity contribution is 5.85. The summed E-state index contributed by atoms with van der Waals surface area (Å²) < 4.78 is 5.46. The van der Waals surface area contributed by atoms with Crippen LogP contribution in [0.1, 0.15) is 37.7 Å². The Morgan fingerprint density at radius 2 is 1.93 bits per heavy atom. The summed E-state index contributed by atoms with van der Waals surface area (Å²) in [7, 11) is 0. The zero-order valence-corrected chi connectivity index (χ0v) is 17.8. The third kappa shape index (κ3) is 5.50. The first-order valence-corrected chi connectivity index (χ1v) is 10.5. The first-order chi connectivity index (χ1) is 13.6. The molecule has 2 amide bonds. The minimum Gasteiger partial charge on any atom is -0.378 e. The van der Waals surface area contributed by atoms with Crippen LogP contribution in [0.2, 0.25) is 0 Å². The Hall–Kier alpha value is -1.63. The van der Waals surface area contributed by atoms with Crippen molar-refractivity contribution in [1.29, 1.82) is 0 Å². The molecule has 1 N–H and O–H groups in total. The van der Waals surface area contributed by atoms with Gasteiger partial charge in [0.1, 0.15) is 0 Å². The molecule has 3 heterocycles. The molecule has 1 aromatic rings. The number of piperidine rings is 2. The van der Waals surface area contributed by atoms with Gasteiger partial charge in [-0.2, -0.15) is 0 Å². The van der Waals surface area contributed by atoms with Gasteiger partial charge >= 0.3 is 0 Å². The van der Waals surface area contributed by atoms with E-state index >= 15 is 0 Å². The molecule has 3 aliphatic heterocycles. The fourth-order valence-electron chi connectivity index (χ4n) is 4.78. The Labute approximate surface area is 179 Å². The van der Waals surface area contributed by atoms with Crippen LogP contribution in [0.15, 0.2) is 30.3 Å². The summed E-state index contributed by atoms with van der Waals surface area (Å²) in [6, 6.07) is 10.4. The zero-order chi connectivity index (χ0) is 19.4. The number of likely N-dealkylation sites (tertiary alicyclic amines) is 2. The van der Waals surface area contributed by atoms with Gasteiger partial charge in [-0.25, -0.2) is 0 Å². The van der Waals surface area contributed by atoms with Crippen molar-refractivity contribution < 1.29 is 14.3 Å². The Morgan fingerprint density at radius 3 is 2.62 bits per heavy atom. The number of nitrogens with zero attached hydrogens (tertiary/aromatic N) is 2. The van der Waals surface area contributed by atoms with Crippen molar-refractivity contribution in [3.8, 4) is 0 Å². The molecule has 29 heavy (non-hydrogen) atoms. The van der Waals surface area contributed by atoms with E-state index in [0.717, 1.165) is 52.0 Å². The second-order valence-corrected chi connectivity index (χ2v) is 8.55. The summed E-state index contributed by atoms with van der Waals surface area (Å²) >= 11 is 0. The molecule has 3 saturated heterocycles. The fraction of sp³-hybridized carbons (Fsp3) is 0.636. The molecule has 1 aromatic carbocycles. The maximum atomic E-state index is 12.7. The molecule has 1 spiro atoms. The van der Waals surface area contributed by atoms with Gasteiger partial charge in [-0.3, -0.25) is 9.59 Å². The van der Waals surface area contributed by atoms with Crippen molar-refractivity contribution in [3.63, 3.8) is 0 Å². The van der Waals surface area contributed by atoms with Gasteiger partial charge in [-0.15, -0.1) is 12.4 Å². The van der Waals surface area contributed by atoms with Crippen molar-refractivity contribution in [2.45, 2.75) is 44.7 Å². The molecule has 1 atom stereocenters. The second-order valence-electron chi connectivity index (χ2n) is 8.55. The number of morpholine rings is 1. The van der Waals surface area contributed by atoms with Crippen molar-refractivity contribution in [1.82, 2.24) is 15.1 Å². The number of carbonyl (C=O) groups is 2. The molecular formula is C22H32ClN3O3. The topological polar surface area (TPSA) is 61.9 Å². The Bertz CT molecular complexity index is 686. The molecule has 3 fully saturated rings. The van der Waals surface area contributed by atoms with Gasteiger partial charge in [0.05, 0.1) is 13.2 Å². The lowest BCUT2D eigenvalue weighted by Crippen LogP contribution is -2.53. The minimum absolute atomic E-state index is 0. The molecule has 0 aromatic heterocycles. The quantitative estimate of drug-likeness (QED) is 0.809. The zero-order valence-electron chi connectivity index (χ0n) is 17.0. The van der Waals surface area contributed by atoms with Crippen LogP contribution in [0.25, 0.3) is 0 Å². The van der Waals surface area contributed by atoms with E-state index in [0.29, 0.717) is 26.0 Å². The number of ether oxygens (including phenoxy) is 1. The number of rotatable bonds is 4. The van der Waals surface area contributed by atoms with E-state index in [2.05, 4.69) is 17.4 Å². The van der Waals surface area contributed by atoms with Crippen molar-refractivity contribution in [3.05, 3.63) is 35.9 Å². The minimum atomic E-state index is 0.